The van der Waals surface area contributed by atoms with E-state index in [0.717, 1.165) is 22.7 Å². The Hall–Kier alpha value is -3.78. The first-order chi connectivity index (χ1) is 16.2. The van der Waals surface area contributed by atoms with Gasteiger partial charge in [0.05, 0.1) is 30.3 Å². The summed E-state index contributed by atoms with van der Waals surface area (Å²) in [6.45, 7) is 0.400. The van der Waals surface area contributed by atoms with Gasteiger partial charge < -0.3 is 9.47 Å². The first-order valence-electron chi connectivity index (χ1n) is 10.5. The number of thioether (sulfide) groups is 1. The van der Waals surface area contributed by atoms with E-state index in [1.165, 1.54) is 11.8 Å². The van der Waals surface area contributed by atoms with Crippen molar-refractivity contribution in [3.63, 3.8) is 0 Å². The van der Waals surface area contributed by atoms with E-state index in [9.17, 15) is 4.79 Å². The second-order valence-electron chi connectivity index (χ2n) is 7.44. The molecule has 1 aliphatic rings. The van der Waals surface area contributed by atoms with E-state index in [4.69, 9.17) is 9.47 Å². The fourth-order valence-corrected chi connectivity index (χ4v) is 4.66. The van der Waals surface area contributed by atoms with Gasteiger partial charge in [0.25, 0.3) is 0 Å². The number of benzene rings is 3. The highest BCUT2D eigenvalue weighted by molar-refractivity contribution is 7.99. The molecule has 0 fully saturated rings. The number of fused-ring (bicyclic) bond motifs is 1. The Labute approximate surface area is 196 Å². The van der Waals surface area contributed by atoms with Crippen LogP contribution in [-0.2, 0) is 4.79 Å². The number of carbonyl (C=O) groups excluding carboxylic acids is 1. The number of nitrogens with zero attached hydrogens (tertiary/aromatic N) is 4. The van der Waals surface area contributed by atoms with Gasteiger partial charge in [-0.05, 0) is 29.8 Å². The predicted molar refractivity (Wildman–Crippen MR) is 127 cm³/mol. The fraction of sp³-hybridized carbons (Fsp3) is 0.160. The van der Waals surface area contributed by atoms with Crippen molar-refractivity contribution in [2.75, 3.05) is 24.4 Å². The molecule has 1 unspecified atom stereocenters. The van der Waals surface area contributed by atoms with Crippen LogP contribution in [0, 0.1) is 0 Å². The lowest BCUT2D eigenvalue weighted by molar-refractivity contribution is -0.117. The monoisotopic (exact) mass is 458 g/mol. The summed E-state index contributed by atoms with van der Waals surface area (Å²) < 4.78 is 13.2. The van der Waals surface area contributed by atoms with Crippen LogP contribution in [0.3, 0.4) is 0 Å². The van der Waals surface area contributed by atoms with E-state index in [2.05, 4.69) is 10.2 Å². The van der Waals surface area contributed by atoms with Gasteiger partial charge in [0.15, 0.2) is 5.16 Å². The van der Waals surface area contributed by atoms with Crippen LogP contribution in [-0.4, -0.2) is 40.1 Å². The Bertz CT molecular complexity index is 1260. The van der Waals surface area contributed by atoms with Gasteiger partial charge in [0.2, 0.25) is 5.91 Å². The summed E-state index contributed by atoms with van der Waals surface area (Å²) in [5.74, 6) is 1.64. The minimum absolute atomic E-state index is 0.0233. The van der Waals surface area contributed by atoms with Crippen molar-refractivity contribution < 1.29 is 14.3 Å². The van der Waals surface area contributed by atoms with E-state index in [-0.39, 0.29) is 17.7 Å². The summed E-state index contributed by atoms with van der Waals surface area (Å²) in [6.07, 6.45) is 1.64. The quantitative estimate of drug-likeness (QED) is 0.395. The number of amides is 1. The van der Waals surface area contributed by atoms with E-state index in [0.29, 0.717) is 17.5 Å². The predicted octanol–water partition coefficient (Wildman–Crippen LogP) is 4.53. The molecule has 0 spiro atoms. The maximum absolute atomic E-state index is 13.6. The van der Waals surface area contributed by atoms with Crippen LogP contribution in [0.25, 0.3) is 5.69 Å². The molecule has 1 amide bonds. The van der Waals surface area contributed by atoms with Crippen molar-refractivity contribution in [1.82, 2.24) is 14.8 Å². The van der Waals surface area contributed by atoms with Crippen LogP contribution in [0.4, 0.5) is 5.69 Å². The van der Waals surface area contributed by atoms with E-state index in [1.54, 1.807) is 13.4 Å². The smallest absolute Gasteiger partial charge is 0.238 e. The highest BCUT2D eigenvalue weighted by atomic mass is 32.2. The van der Waals surface area contributed by atoms with Crippen LogP contribution < -0.4 is 14.4 Å². The van der Waals surface area contributed by atoms with Crippen molar-refractivity contribution in [1.29, 1.82) is 0 Å². The molecule has 4 aromatic rings. The maximum Gasteiger partial charge on any atom is 0.238 e. The molecular formula is C25H22N4O3S. The molecule has 8 heteroatoms. The Morgan fingerprint density at radius 3 is 2.76 bits per heavy atom. The molecular weight excluding hydrogens is 436 g/mol. The van der Waals surface area contributed by atoms with Crippen molar-refractivity contribution in [2.45, 2.75) is 11.2 Å². The van der Waals surface area contributed by atoms with E-state index < -0.39 is 0 Å². The summed E-state index contributed by atoms with van der Waals surface area (Å²) in [5.41, 5.74) is 2.68. The largest absolute Gasteiger partial charge is 0.497 e. The average molecular weight is 459 g/mol. The second-order valence-corrected chi connectivity index (χ2v) is 8.39. The minimum Gasteiger partial charge on any atom is -0.497 e. The summed E-state index contributed by atoms with van der Waals surface area (Å²) in [7, 11) is 1.63. The van der Waals surface area contributed by atoms with Gasteiger partial charge >= 0.3 is 0 Å². The van der Waals surface area contributed by atoms with Gasteiger partial charge in [-0.15, -0.1) is 10.2 Å². The third-order valence-electron chi connectivity index (χ3n) is 5.46. The maximum atomic E-state index is 13.6. The molecule has 1 aliphatic heterocycles. The molecule has 1 atom stereocenters. The number of para-hydroxylation sites is 2. The zero-order chi connectivity index (χ0) is 22.6. The number of rotatable bonds is 6. The van der Waals surface area contributed by atoms with E-state index >= 15 is 0 Å². The summed E-state index contributed by atoms with van der Waals surface area (Å²) >= 11 is 1.35. The SMILES string of the molecule is COc1cccc(-n2cnnc2SCC(=O)N2c3ccccc3OCC2c2ccccc2)c1. The molecule has 166 valence electrons. The topological polar surface area (TPSA) is 69.5 Å². The van der Waals surface area contributed by atoms with Gasteiger partial charge in [0.1, 0.15) is 24.4 Å². The molecule has 1 aromatic heterocycles. The second kappa shape index (κ2) is 9.38. The first kappa shape index (κ1) is 21.1. The van der Waals surface area contributed by atoms with Gasteiger partial charge in [-0.1, -0.05) is 60.3 Å². The Kier molecular flexibility index (Phi) is 5.99. The van der Waals surface area contributed by atoms with Gasteiger partial charge in [-0.3, -0.25) is 14.3 Å². The van der Waals surface area contributed by atoms with Crippen LogP contribution in [0.2, 0.25) is 0 Å². The highest BCUT2D eigenvalue weighted by Gasteiger charge is 2.33. The van der Waals surface area contributed by atoms with Crippen molar-refractivity contribution in [2.24, 2.45) is 0 Å². The van der Waals surface area contributed by atoms with Gasteiger partial charge in [0, 0.05) is 6.07 Å². The summed E-state index contributed by atoms with van der Waals surface area (Å²) in [6, 6.07) is 25.0. The third-order valence-corrected chi connectivity index (χ3v) is 6.39. The third kappa shape index (κ3) is 4.29. The minimum atomic E-state index is -0.203. The summed E-state index contributed by atoms with van der Waals surface area (Å²) in [5, 5.41) is 8.91. The normalized spacial score (nSPS) is 14.9. The lowest BCUT2D eigenvalue weighted by Crippen LogP contribution is -2.42. The Morgan fingerprint density at radius 1 is 1.09 bits per heavy atom. The zero-order valence-corrected chi connectivity index (χ0v) is 18.8. The van der Waals surface area contributed by atoms with Gasteiger partial charge in [-0.25, -0.2) is 0 Å². The molecule has 2 heterocycles. The fourth-order valence-electron chi connectivity index (χ4n) is 3.87. The lowest BCUT2D eigenvalue weighted by atomic mass is 10.0. The van der Waals surface area contributed by atoms with Crippen LogP contribution in [0.1, 0.15) is 11.6 Å². The number of hydrogen-bond acceptors (Lipinski definition) is 6. The zero-order valence-electron chi connectivity index (χ0n) is 18.0. The van der Waals surface area contributed by atoms with Gasteiger partial charge in [-0.2, -0.15) is 0 Å². The van der Waals surface area contributed by atoms with Crippen molar-refractivity contribution in [3.05, 3.63) is 90.8 Å². The molecule has 0 bridgehead atoms. The number of carbonyl (C=O) groups is 1. The number of anilines is 1. The molecule has 5 rings (SSSR count). The lowest BCUT2D eigenvalue weighted by Gasteiger charge is -2.37. The van der Waals surface area contributed by atoms with Crippen molar-refractivity contribution in [3.8, 4) is 17.2 Å². The van der Waals surface area contributed by atoms with Crippen LogP contribution in [0.15, 0.2) is 90.3 Å². The highest BCUT2D eigenvalue weighted by Crippen LogP contribution is 2.39. The molecule has 0 aliphatic carbocycles. The molecule has 0 saturated heterocycles. The molecule has 0 radical (unpaired) electrons. The summed E-state index contributed by atoms with van der Waals surface area (Å²) in [4.78, 5) is 15.4. The van der Waals surface area contributed by atoms with E-state index in [1.807, 2.05) is 88.3 Å². The number of methoxy groups -OCH3 is 1. The number of aromatic nitrogens is 3. The number of hydrogen-bond donors (Lipinski definition) is 0. The molecule has 3 aromatic carbocycles. The van der Waals surface area contributed by atoms with Crippen LogP contribution >= 0.6 is 11.8 Å². The Morgan fingerprint density at radius 2 is 1.91 bits per heavy atom. The molecule has 33 heavy (non-hydrogen) atoms. The standard InChI is InChI=1S/C25H22N4O3S/c1-31-20-11-7-10-19(14-20)28-17-26-27-25(28)33-16-24(30)29-21-12-5-6-13-23(21)32-15-22(29)18-8-3-2-4-9-18/h2-14,17,22H,15-16H2,1H3. The molecule has 0 N–H and O–H groups in total. The number of ether oxygens (including phenoxy) is 2. The first-order valence-corrected chi connectivity index (χ1v) is 11.5. The molecule has 0 saturated carbocycles. The average Bonchev–Trinajstić information content (AvgIpc) is 3.36. The van der Waals surface area contributed by atoms with Crippen molar-refractivity contribution >= 4 is 23.4 Å². The van der Waals surface area contributed by atoms with Crippen LogP contribution in [0.5, 0.6) is 11.5 Å². The Balaban J connectivity index is 1.40. The molecule has 7 nitrogen and oxygen atoms in total.